The molecule has 2 rings (SSSR count). The summed E-state index contributed by atoms with van der Waals surface area (Å²) in [6, 6.07) is 3.76. The van der Waals surface area contributed by atoms with Crippen LogP contribution in [-0.2, 0) is 24.3 Å². The summed E-state index contributed by atoms with van der Waals surface area (Å²) >= 11 is 0. The van der Waals surface area contributed by atoms with E-state index in [1.54, 1.807) is 30.9 Å². The van der Waals surface area contributed by atoms with Gasteiger partial charge in [0.25, 0.3) is 0 Å². The maximum absolute atomic E-state index is 13.1. The van der Waals surface area contributed by atoms with Crippen molar-refractivity contribution in [2.24, 2.45) is 5.92 Å². The highest BCUT2D eigenvalue weighted by Crippen LogP contribution is 2.35. The summed E-state index contributed by atoms with van der Waals surface area (Å²) in [5.74, 6) is -0.0887. The van der Waals surface area contributed by atoms with Gasteiger partial charge in [-0.25, -0.2) is 8.42 Å². The highest BCUT2D eigenvalue weighted by Gasteiger charge is 2.36. The third-order valence-corrected chi connectivity index (χ3v) is 6.34. The van der Waals surface area contributed by atoms with Crippen molar-refractivity contribution in [2.45, 2.75) is 32.7 Å². The number of carbonyl (C=O) groups excluding carboxylic acids is 2. The first-order valence-corrected chi connectivity index (χ1v) is 11.7. The van der Waals surface area contributed by atoms with Crippen LogP contribution in [0.4, 0.5) is 5.69 Å². The number of carbonyl (C=O) groups is 2. The van der Waals surface area contributed by atoms with E-state index in [4.69, 9.17) is 14.2 Å². The smallest absolute Gasteiger partial charge is 0.309 e. The van der Waals surface area contributed by atoms with Gasteiger partial charge in [-0.2, -0.15) is 0 Å². The SMILES string of the molecule is CCOC(=O)C1CCN(C(=O)C(C)N(c2cc(OC)ccc2OC)S(C)(=O)=O)CC1. The predicted octanol–water partition coefficient (Wildman–Crippen LogP) is 1.66. The molecule has 1 aromatic rings. The van der Waals surface area contributed by atoms with Gasteiger partial charge in [-0.05, 0) is 38.8 Å². The summed E-state index contributed by atoms with van der Waals surface area (Å²) in [5.41, 5.74) is 0.224. The molecule has 1 heterocycles. The van der Waals surface area contributed by atoms with Crippen molar-refractivity contribution in [1.82, 2.24) is 4.90 Å². The van der Waals surface area contributed by atoms with Crippen LogP contribution in [0.5, 0.6) is 11.5 Å². The van der Waals surface area contributed by atoms with E-state index >= 15 is 0 Å². The Morgan fingerprint density at radius 3 is 2.33 bits per heavy atom. The fraction of sp³-hybridized carbons (Fsp3) is 0.600. The number of rotatable bonds is 8. The van der Waals surface area contributed by atoms with Crippen LogP contribution >= 0.6 is 0 Å². The molecule has 9 nitrogen and oxygen atoms in total. The second-order valence-electron chi connectivity index (χ2n) is 7.12. The minimum absolute atomic E-state index is 0.224. The quantitative estimate of drug-likeness (QED) is 0.564. The highest BCUT2D eigenvalue weighted by molar-refractivity contribution is 7.92. The van der Waals surface area contributed by atoms with Gasteiger partial charge in [0.05, 0.1) is 38.7 Å². The maximum Gasteiger partial charge on any atom is 0.309 e. The molecule has 1 amide bonds. The van der Waals surface area contributed by atoms with Crippen molar-refractivity contribution in [1.29, 1.82) is 0 Å². The molecular formula is C20H30N2O7S. The zero-order chi connectivity index (χ0) is 22.5. The number of esters is 1. The van der Waals surface area contributed by atoms with Crippen LogP contribution in [0.1, 0.15) is 26.7 Å². The number of amides is 1. The summed E-state index contributed by atoms with van der Waals surface area (Å²) in [6.45, 7) is 4.34. The molecule has 168 valence electrons. The van der Waals surface area contributed by atoms with E-state index in [1.165, 1.54) is 20.3 Å². The van der Waals surface area contributed by atoms with Gasteiger partial charge in [-0.15, -0.1) is 0 Å². The Morgan fingerprint density at radius 2 is 1.83 bits per heavy atom. The molecule has 0 bridgehead atoms. The topological polar surface area (TPSA) is 102 Å². The highest BCUT2D eigenvalue weighted by atomic mass is 32.2. The van der Waals surface area contributed by atoms with Gasteiger partial charge in [-0.1, -0.05) is 0 Å². The molecule has 1 fully saturated rings. The number of hydrogen-bond acceptors (Lipinski definition) is 7. The predicted molar refractivity (Wildman–Crippen MR) is 112 cm³/mol. The molecule has 30 heavy (non-hydrogen) atoms. The molecule has 0 N–H and O–H groups in total. The first kappa shape index (κ1) is 23.8. The second-order valence-corrected chi connectivity index (χ2v) is 8.98. The third kappa shape index (κ3) is 5.35. The number of likely N-dealkylation sites (tertiary alicyclic amines) is 1. The van der Waals surface area contributed by atoms with Crippen molar-refractivity contribution in [3.8, 4) is 11.5 Å². The summed E-state index contributed by atoms with van der Waals surface area (Å²) < 4.78 is 41.9. The number of hydrogen-bond donors (Lipinski definition) is 0. The molecule has 1 saturated heterocycles. The first-order valence-electron chi connectivity index (χ1n) is 9.80. The lowest BCUT2D eigenvalue weighted by Gasteiger charge is -2.36. The monoisotopic (exact) mass is 442 g/mol. The van der Waals surface area contributed by atoms with Crippen LogP contribution in [-0.4, -0.2) is 71.4 Å². The van der Waals surface area contributed by atoms with Crippen molar-refractivity contribution in [3.63, 3.8) is 0 Å². The molecule has 1 aliphatic heterocycles. The van der Waals surface area contributed by atoms with Gasteiger partial charge in [0.2, 0.25) is 15.9 Å². The van der Waals surface area contributed by atoms with Gasteiger partial charge in [-0.3, -0.25) is 13.9 Å². The Kier molecular flexibility index (Phi) is 7.94. The minimum atomic E-state index is -3.81. The molecule has 0 aromatic heterocycles. The Morgan fingerprint density at radius 1 is 1.20 bits per heavy atom. The van der Waals surface area contributed by atoms with Gasteiger partial charge < -0.3 is 19.1 Å². The Labute approximate surface area is 177 Å². The molecule has 1 unspecified atom stereocenters. The Balaban J connectivity index is 2.26. The normalized spacial score (nSPS) is 16.0. The largest absolute Gasteiger partial charge is 0.497 e. The number of piperidine rings is 1. The molecule has 0 saturated carbocycles. The molecule has 0 spiro atoms. The zero-order valence-electron chi connectivity index (χ0n) is 18.1. The standard InChI is InChI=1S/C20H30N2O7S/c1-6-29-20(24)15-9-11-21(12-10-15)19(23)14(2)22(30(5,25)26)17-13-16(27-3)7-8-18(17)28-4/h7-8,13-15H,6,9-12H2,1-5H3. The van der Waals surface area contributed by atoms with Crippen LogP contribution in [0.2, 0.25) is 0 Å². The van der Waals surface area contributed by atoms with Crippen LogP contribution in [0.15, 0.2) is 18.2 Å². The van der Waals surface area contributed by atoms with Gasteiger partial charge in [0.1, 0.15) is 17.5 Å². The summed E-state index contributed by atoms with van der Waals surface area (Å²) in [6.07, 6.45) is 2.01. The number of ether oxygens (including phenoxy) is 3. The zero-order valence-corrected chi connectivity index (χ0v) is 18.9. The Hall–Kier alpha value is -2.49. The first-order chi connectivity index (χ1) is 14.1. The molecule has 1 aliphatic rings. The molecule has 0 aliphatic carbocycles. The molecule has 10 heteroatoms. The number of methoxy groups -OCH3 is 2. The summed E-state index contributed by atoms with van der Waals surface area (Å²) in [5, 5.41) is 0. The van der Waals surface area contributed by atoms with Gasteiger partial charge >= 0.3 is 5.97 Å². The second kappa shape index (κ2) is 10.0. The van der Waals surface area contributed by atoms with Crippen molar-refractivity contribution in [2.75, 3.05) is 44.5 Å². The summed E-state index contributed by atoms with van der Waals surface area (Å²) in [7, 11) is -0.914. The van der Waals surface area contributed by atoms with Gasteiger partial charge in [0.15, 0.2) is 0 Å². The van der Waals surface area contributed by atoms with Crippen LogP contribution in [0.3, 0.4) is 0 Å². The van der Waals surface area contributed by atoms with Crippen molar-refractivity contribution < 1.29 is 32.2 Å². The number of benzene rings is 1. The van der Waals surface area contributed by atoms with E-state index < -0.39 is 16.1 Å². The van der Waals surface area contributed by atoms with E-state index in [-0.39, 0.29) is 23.5 Å². The number of nitrogens with zero attached hydrogens (tertiary/aromatic N) is 2. The number of anilines is 1. The summed E-state index contributed by atoms with van der Waals surface area (Å²) in [4.78, 5) is 26.7. The van der Waals surface area contributed by atoms with Gasteiger partial charge in [0, 0.05) is 19.2 Å². The molecular weight excluding hydrogens is 412 g/mol. The fourth-order valence-corrected chi connectivity index (χ4v) is 4.77. The minimum Gasteiger partial charge on any atom is -0.497 e. The van der Waals surface area contributed by atoms with E-state index in [2.05, 4.69) is 0 Å². The van der Waals surface area contributed by atoms with Crippen LogP contribution in [0, 0.1) is 5.92 Å². The lowest BCUT2D eigenvalue weighted by Crippen LogP contribution is -2.51. The number of sulfonamides is 1. The fourth-order valence-electron chi connectivity index (χ4n) is 3.60. The third-order valence-electron chi connectivity index (χ3n) is 5.12. The lowest BCUT2D eigenvalue weighted by atomic mass is 9.96. The molecule has 1 atom stereocenters. The van der Waals surface area contributed by atoms with Crippen LogP contribution in [0.25, 0.3) is 0 Å². The van der Waals surface area contributed by atoms with E-state index in [0.29, 0.717) is 44.0 Å². The average Bonchev–Trinajstić information content (AvgIpc) is 2.72. The van der Waals surface area contributed by atoms with Crippen molar-refractivity contribution in [3.05, 3.63) is 18.2 Å². The van der Waals surface area contributed by atoms with Crippen molar-refractivity contribution >= 4 is 27.6 Å². The average molecular weight is 443 g/mol. The lowest BCUT2D eigenvalue weighted by molar-refractivity contribution is -0.151. The molecule has 1 aromatic carbocycles. The van der Waals surface area contributed by atoms with E-state index in [1.807, 2.05) is 0 Å². The Bertz CT molecular complexity index is 864. The van der Waals surface area contributed by atoms with E-state index in [0.717, 1.165) is 10.6 Å². The molecule has 0 radical (unpaired) electrons. The van der Waals surface area contributed by atoms with E-state index in [9.17, 15) is 18.0 Å². The van der Waals surface area contributed by atoms with Crippen LogP contribution < -0.4 is 13.8 Å². The maximum atomic E-state index is 13.1.